The summed E-state index contributed by atoms with van der Waals surface area (Å²) >= 11 is 0. The van der Waals surface area contributed by atoms with Gasteiger partial charge in [-0.15, -0.1) is 0 Å². The molecule has 0 atom stereocenters. The van der Waals surface area contributed by atoms with E-state index in [0.717, 1.165) is 10.8 Å². The number of hydrogen-bond acceptors (Lipinski definition) is 7. The zero-order valence-corrected chi connectivity index (χ0v) is 14.7. The van der Waals surface area contributed by atoms with Crippen LogP contribution in [-0.4, -0.2) is 30.8 Å². The van der Waals surface area contributed by atoms with Gasteiger partial charge in [0.2, 0.25) is 0 Å². The number of nitrogens with two attached hydrogens (primary N) is 1. The monoisotopic (exact) mass is 372 g/mol. The lowest BCUT2D eigenvalue weighted by molar-refractivity contribution is 0.0995. The Morgan fingerprint density at radius 1 is 0.750 bits per heavy atom. The lowest BCUT2D eigenvalue weighted by Gasteiger charge is -1.99. The van der Waals surface area contributed by atoms with Crippen molar-refractivity contribution in [2.45, 2.75) is 0 Å². The first-order valence-electron chi connectivity index (χ1n) is 8.21. The Labute approximate surface area is 160 Å². The molecule has 0 saturated heterocycles. The molecule has 2 heterocycles. The summed E-state index contributed by atoms with van der Waals surface area (Å²) in [6.07, 6.45) is 15.2. The fourth-order valence-corrected chi connectivity index (χ4v) is 2.29. The van der Waals surface area contributed by atoms with Crippen molar-refractivity contribution in [1.29, 1.82) is 0 Å². The van der Waals surface area contributed by atoms with Crippen molar-refractivity contribution in [3.8, 4) is 0 Å². The number of benzene rings is 1. The Morgan fingerprint density at radius 2 is 1.46 bits per heavy atom. The van der Waals surface area contributed by atoms with E-state index in [0.29, 0.717) is 11.0 Å². The highest BCUT2D eigenvalue weighted by molar-refractivity contribution is 6.04. The second kappa shape index (κ2) is 9.48. The van der Waals surface area contributed by atoms with E-state index >= 15 is 0 Å². The van der Waals surface area contributed by atoms with Crippen LogP contribution in [0.3, 0.4) is 0 Å². The maximum absolute atomic E-state index is 11.7. The molecule has 0 saturated carbocycles. The van der Waals surface area contributed by atoms with Crippen molar-refractivity contribution < 1.29 is 9.21 Å². The van der Waals surface area contributed by atoms with Crippen molar-refractivity contribution >= 4 is 27.6 Å². The van der Waals surface area contributed by atoms with Gasteiger partial charge in [-0.3, -0.25) is 29.7 Å². The molecular weight excluding hydrogens is 356 g/mol. The number of carbonyl (C=O) groups excluding carboxylic acids is 1. The van der Waals surface area contributed by atoms with Crippen molar-refractivity contribution in [2.24, 2.45) is 5.73 Å². The van der Waals surface area contributed by atoms with E-state index in [2.05, 4.69) is 24.9 Å². The van der Waals surface area contributed by atoms with Gasteiger partial charge in [0, 0.05) is 60.3 Å². The first-order chi connectivity index (χ1) is 13.8. The standard InChI is InChI=1S/C20H16N6O2/c21-20(27)18-4-6-22-7-8-23-9-10-24-11-12-28-19-2-1-15-13-25-5-3-16(15)17(19)14-26-18/h1-14H,(H2,21,27). The van der Waals surface area contributed by atoms with Gasteiger partial charge in [0.05, 0.1) is 6.20 Å². The highest BCUT2D eigenvalue weighted by Crippen LogP contribution is 2.22. The summed E-state index contributed by atoms with van der Waals surface area (Å²) in [5, 5.41) is 2.43. The normalized spacial score (nSPS) is 9.71. The zero-order chi connectivity index (χ0) is 19.6. The van der Waals surface area contributed by atoms with Crippen molar-refractivity contribution in [3.63, 3.8) is 0 Å². The molecule has 0 aliphatic carbocycles. The van der Waals surface area contributed by atoms with Crippen LogP contribution in [0.5, 0.6) is 0 Å². The summed E-state index contributed by atoms with van der Waals surface area (Å²) in [5.41, 5.74) is 5.99. The Balaban J connectivity index is 2.38. The first kappa shape index (κ1) is 18.6. The maximum atomic E-state index is 11.7. The van der Waals surface area contributed by atoms with Gasteiger partial charge in [-0.05, 0) is 29.7 Å². The Bertz CT molecular complexity index is 1170. The molecule has 0 spiro atoms. The minimum Gasteiger partial charge on any atom is -0.463 e. The quantitative estimate of drug-likeness (QED) is 0.697. The summed E-state index contributed by atoms with van der Waals surface area (Å²) in [7, 11) is 0. The molecule has 1 aromatic carbocycles. The fraction of sp³-hybridized carbons (Fsp3) is 0. The minimum absolute atomic E-state index is 0.0425. The van der Waals surface area contributed by atoms with Gasteiger partial charge in [0.15, 0.2) is 0 Å². The molecule has 1 amide bonds. The summed E-state index contributed by atoms with van der Waals surface area (Å²) in [4.78, 5) is 32.0. The van der Waals surface area contributed by atoms with E-state index in [1.807, 2.05) is 12.1 Å². The lowest BCUT2D eigenvalue weighted by atomic mass is 10.1. The number of carbonyl (C=O) groups is 1. The minimum atomic E-state index is -0.680. The van der Waals surface area contributed by atoms with E-state index < -0.39 is 5.91 Å². The van der Waals surface area contributed by atoms with Crippen molar-refractivity contribution in [2.75, 3.05) is 0 Å². The van der Waals surface area contributed by atoms with Crippen molar-refractivity contribution in [3.05, 3.63) is 92.0 Å². The van der Waals surface area contributed by atoms with E-state index in [1.54, 1.807) is 18.5 Å². The Kier molecular flexibility index (Phi) is 6.30. The molecular formula is C20H16N6O2. The third-order valence-corrected chi connectivity index (χ3v) is 3.54. The van der Waals surface area contributed by atoms with Crippen LogP contribution in [0.15, 0.2) is 90.7 Å². The lowest BCUT2D eigenvalue weighted by Crippen LogP contribution is -2.11. The first-order valence-corrected chi connectivity index (χ1v) is 8.21. The van der Waals surface area contributed by atoms with E-state index in [-0.39, 0.29) is 5.69 Å². The molecule has 0 unspecified atom stereocenters. The highest BCUT2D eigenvalue weighted by Gasteiger charge is 2.01. The average Bonchev–Trinajstić information content (AvgIpc) is 2.71. The van der Waals surface area contributed by atoms with Crippen LogP contribution in [0.1, 0.15) is 10.5 Å². The van der Waals surface area contributed by atoms with Crippen LogP contribution < -0.4 is 5.73 Å². The van der Waals surface area contributed by atoms with Gasteiger partial charge in [0.1, 0.15) is 17.5 Å². The average molecular weight is 372 g/mol. The molecule has 0 bridgehead atoms. The molecule has 0 aliphatic rings. The maximum Gasteiger partial charge on any atom is 0.267 e. The third-order valence-electron chi connectivity index (χ3n) is 3.54. The number of hydrogen-bond donors (Lipinski definition) is 1. The van der Waals surface area contributed by atoms with Gasteiger partial charge in [0.25, 0.3) is 5.91 Å². The third kappa shape index (κ3) is 4.92. The topological polar surface area (TPSA) is 121 Å². The van der Waals surface area contributed by atoms with Crippen LogP contribution in [0.25, 0.3) is 21.7 Å². The number of primary amides is 1. The number of aromatic nitrogens is 5. The summed E-state index contributed by atoms with van der Waals surface area (Å²) < 4.78 is 5.69. The van der Waals surface area contributed by atoms with Gasteiger partial charge in [-0.25, -0.2) is 0 Å². The number of pyridine rings is 1. The number of nitrogens with zero attached hydrogens (tertiary/aromatic N) is 5. The van der Waals surface area contributed by atoms with Gasteiger partial charge in [-0.1, -0.05) is 0 Å². The molecule has 2 N–H and O–H groups in total. The van der Waals surface area contributed by atoms with Crippen molar-refractivity contribution in [1.82, 2.24) is 24.9 Å². The second-order valence-corrected chi connectivity index (χ2v) is 5.34. The largest absolute Gasteiger partial charge is 0.463 e. The predicted octanol–water partition coefficient (Wildman–Crippen LogP) is 3.03. The summed E-state index contributed by atoms with van der Waals surface area (Å²) in [6, 6.07) is 6.92. The molecule has 28 heavy (non-hydrogen) atoms. The van der Waals surface area contributed by atoms with Crippen LogP contribution in [0, 0.1) is 0 Å². The van der Waals surface area contributed by atoms with Crippen LogP contribution >= 0.6 is 0 Å². The Morgan fingerprint density at radius 3 is 2.25 bits per heavy atom. The summed E-state index contributed by atoms with van der Waals surface area (Å²) in [5.74, 6) is -0.680. The number of fused-ring (bicyclic) bond motifs is 3. The molecule has 2 aromatic heterocycles. The molecule has 0 aliphatic heterocycles. The van der Waals surface area contributed by atoms with Gasteiger partial charge < -0.3 is 10.2 Å². The summed E-state index contributed by atoms with van der Waals surface area (Å²) in [6.45, 7) is 0. The van der Waals surface area contributed by atoms with Crippen LogP contribution in [0.4, 0.5) is 0 Å². The van der Waals surface area contributed by atoms with Crippen LogP contribution in [-0.2, 0) is 0 Å². The molecule has 8 heteroatoms. The van der Waals surface area contributed by atoms with E-state index in [1.165, 1.54) is 55.7 Å². The molecule has 138 valence electrons. The van der Waals surface area contributed by atoms with Crippen LogP contribution in [0.2, 0.25) is 0 Å². The predicted molar refractivity (Wildman–Crippen MR) is 104 cm³/mol. The molecule has 8 nitrogen and oxygen atoms in total. The van der Waals surface area contributed by atoms with E-state index in [9.17, 15) is 4.79 Å². The molecule has 0 radical (unpaired) electrons. The Hall–Kier alpha value is -4.20. The zero-order valence-electron chi connectivity index (χ0n) is 14.7. The highest BCUT2D eigenvalue weighted by atomic mass is 16.3. The van der Waals surface area contributed by atoms with Gasteiger partial charge in [-0.2, -0.15) is 0 Å². The fourth-order valence-electron chi connectivity index (χ4n) is 2.29. The molecule has 3 rings (SSSR count). The second-order valence-electron chi connectivity index (χ2n) is 5.34. The smallest absolute Gasteiger partial charge is 0.267 e. The van der Waals surface area contributed by atoms with E-state index in [4.69, 9.17) is 10.2 Å². The van der Waals surface area contributed by atoms with Gasteiger partial charge >= 0.3 is 0 Å². The number of rotatable bonds is 1. The number of amides is 1. The SMILES string of the molecule is NC(=O)c1ccnccnccnccoc2ccc3cnccc3c2cn1. The molecule has 0 fully saturated rings. The molecule has 3 aromatic rings.